The molecule has 21 heavy (non-hydrogen) atoms. The van der Waals surface area contributed by atoms with Gasteiger partial charge < -0.3 is 4.74 Å². The van der Waals surface area contributed by atoms with Crippen LogP contribution in [0.2, 0.25) is 0 Å². The van der Waals surface area contributed by atoms with Gasteiger partial charge in [0.05, 0.1) is 6.10 Å². The fraction of sp³-hybridized carbons (Fsp3) is 0.400. The predicted octanol–water partition coefficient (Wildman–Crippen LogP) is 4.49. The second-order valence-electron chi connectivity index (χ2n) is 6.28. The van der Waals surface area contributed by atoms with Crippen LogP contribution in [-0.2, 0) is 17.6 Å². The molecule has 2 aromatic carbocycles. The molecule has 0 saturated carbocycles. The molecule has 0 radical (unpaired) electrons. The van der Waals surface area contributed by atoms with E-state index in [-0.39, 0.29) is 0 Å². The molecule has 1 atom stereocenters. The van der Waals surface area contributed by atoms with E-state index in [1.807, 2.05) is 0 Å². The molecule has 0 aromatic heterocycles. The molecular formula is C20H22O. The maximum absolute atomic E-state index is 6.19. The summed E-state index contributed by atoms with van der Waals surface area (Å²) in [5.74, 6) is 0.417. The molecule has 1 aliphatic carbocycles. The van der Waals surface area contributed by atoms with Crippen LogP contribution >= 0.6 is 0 Å². The average molecular weight is 278 g/mol. The van der Waals surface area contributed by atoms with Gasteiger partial charge in [0, 0.05) is 12.5 Å². The lowest BCUT2D eigenvalue weighted by Crippen LogP contribution is -2.28. The summed E-state index contributed by atoms with van der Waals surface area (Å²) in [5, 5.41) is 0. The SMILES string of the molecule is c1ccc2c(c1)CCc1ccccc1C2[C@@H]1CCCCO1. The van der Waals surface area contributed by atoms with Crippen molar-refractivity contribution in [3.05, 3.63) is 70.8 Å². The third-order valence-corrected chi connectivity index (χ3v) is 5.03. The highest BCUT2D eigenvalue weighted by molar-refractivity contribution is 5.45. The summed E-state index contributed by atoms with van der Waals surface area (Å²) in [6, 6.07) is 18.0. The van der Waals surface area contributed by atoms with Crippen molar-refractivity contribution < 1.29 is 4.74 Å². The zero-order chi connectivity index (χ0) is 14.1. The number of hydrogen-bond donors (Lipinski definition) is 0. The standard InChI is InChI=1S/C20H22O/c1-3-9-17-15(7-1)12-13-16-8-2-4-10-18(16)20(17)19-11-5-6-14-21-19/h1-4,7-10,19-20H,5-6,11-14H2/t19-/m0/s1. The van der Waals surface area contributed by atoms with Gasteiger partial charge in [0.1, 0.15) is 0 Å². The molecule has 4 rings (SSSR count). The summed E-state index contributed by atoms with van der Waals surface area (Å²) in [6.45, 7) is 0.922. The van der Waals surface area contributed by atoms with Crippen molar-refractivity contribution in [3.8, 4) is 0 Å². The van der Waals surface area contributed by atoms with Gasteiger partial charge in [-0.15, -0.1) is 0 Å². The number of ether oxygens (including phenoxy) is 1. The molecule has 2 aromatic rings. The summed E-state index contributed by atoms with van der Waals surface area (Å²) in [7, 11) is 0. The Morgan fingerprint density at radius 1 is 0.762 bits per heavy atom. The Morgan fingerprint density at radius 2 is 1.38 bits per heavy atom. The molecule has 2 aliphatic rings. The van der Waals surface area contributed by atoms with Crippen LogP contribution in [0, 0.1) is 0 Å². The molecule has 0 spiro atoms. The van der Waals surface area contributed by atoms with Gasteiger partial charge >= 0.3 is 0 Å². The van der Waals surface area contributed by atoms with Gasteiger partial charge in [-0.2, -0.15) is 0 Å². The molecule has 1 heteroatoms. The predicted molar refractivity (Wildman–Crippen MR) is 85.7 cm³/mol. The van der Waals surface area contributed by atoms with Gasteiger partial charge in [-0.25, -0.2) is 0 Å². The number of rotatable bonds is 1. The molecule has 1 nitrogen and oxygen atoms in total. The fourth-order valence-electron chi connectivity index (χ4n) is 4.00. The maximum Gasteiger partial charge on any atom is 0.0684 e. The first-order valence-corrected chi connectivity index (χ1v) is 8.21. The van der Waals surface area contributed by atoms with Crippen molar-refractivity contribution in [1.29, 1.82) is 0 Å². The molecule has 0 bridgehead atoms. The summed E-state index contributed by atoms with van der Waals surface area (Å²) >= 11 is 0. The smallest absolute Gasteiger partial charge is 0.0684 e. The lowest BCUT2D eigenvalue weighted by molar-refractivity contribution is 0.00627. The molecule has 108 valence electrons. The minimum Gasteiger partial charge on any atom is -0.377 e. The van der Waals surface area contributed by atoms with E-state index in [1.54, 1.807) is 0 Å². The van der Waals surface area contributed by atoms with E-state index in [0.717, 1.165) is 19.4 Å². The van der Waals surface area contributed by atoms with Gasteiger partial charge in [-0.05, 0) is 54.4 Å². The van der Waals surface area contributed by atoms with Crippen LogP contribution in [0.3, 0.4) is 0 Å². The summed E-state index contributed by atoms with van der Waals surface area (Å²) in [4.78, 5) is 0. The lowest BCUT2D eigenvalue weighted by atomic mass is 9.81. The van der Waals surface area contributed by atoms with Crippen LogP contribution in [0.25, 0.3) is 0 Å². The van der Waals surface area contributed by atoms with E-state index in [4.69, 9.17) is 4.74 Å². The van der Waals surface area contributed by atoms with Gasteiger partial charge in [0.2, 0.25) is 0 Å². The molecule has 1 aliphatic heterocycles. The van der Waals surface area contributed by atoms with Crippen molar-refractivity contribution >= 4 is 0 Å². The largest absolute Gasteiger partial charge is 0.377 e. The number of hydrogen-bond acceptors (Lipinski definition) is 1. The summed E-state index contributed by atoms with van der Waals surface area (Å²) in [5.41, 5.74) is 6.00. The molecule has 0 unspecified atom stereocenters. The maximum atomic E-state index is 6.19. The van der Waals surface area contributed by atoms with Crippen LogP contribution in [0.1, 0.15) is 47.4 Å². The fourth-order valence-corrected chi connectivity index (χ4v) is 4.00. The van der Waals surface area contributed by atoms with Crippen LogP contribution in [0.5, 0.6) is 0 Å². The van der Waals surface area contributed by atoms with Crippen LogP contribution < -0.4 is 0 Å². The third-order valence-electron chi connectivity index (χ3n) is 5.03. The van der Waals surface area contributed by atoms with Crippen LogP contribution in [-0.4, -0.2) is 12.7 Å². The van der Waals surface area contributed by atoms with Crippen molar-refractivity contribution in [1.82, 2.24) is 0 Å². The number of fused-ring (bicyclic) bond motifs is 2. The van der Waals surface area contributed by atoms with Gasteiger partial charge in [0.25, 0.3) is 0 Å². The van der Waals surface area contributed by atoms with Gasteiger partial charge in [-0.3, -0.25) is 0 Å². The van der Waals surface area contributed by atoms with E-state index in [9.17, 15) is 0 Å². The Hall–Kier alpha value is -1.60. The molecule has 0 amide bonds. The monoisotopic (exact) mass is 278 g/mol. The van der Waals surface area contributed by atoms with Crippen molar-refractivity contribution in [3.63, 3.8) is 0 Å². The lowest BCUT2D eigenvalue weighted by Gasteiger charge is -2.32. The summed E-state index contributed by atoms with van der Waals surface area (Å²) < 4.78 is 6.19. The molecular weight excluding hydrogens is 256 g/mol. The highest BCUT2D eigenvalue weighted by atomic mass is 16.5. The Balaban J connectivity index is 1.85. The van der Waals surface area contributed by atoms with Crippen LogP contribution in [0.15, 0.2) is 48.5 Å². The first kappa shape index (κ1) is 13.1. The van der Waals surface area contributed by atoms with E-state index < -0.39 is 0 Å². The van der Waals surface area contributed by atoms with E-state index in [1.165, 1.54) is 41.5 Å². The number of benzene rings is 2. The van der Waals surface area contributed by atoms with E-state index >= 15 is 0 Å². The second-order valence-corrected chi connectivity index (χ2v) is 6.28. The normalized spacial score (nSPS) is 22.2. The Kier molecular flexibility index (Phi) is 3.52. The Labute approximate surface area is 127 Å². The van der Waals surface area contributed by atoms with Gasteiger partial charge in [-0.1, -0.05) is 48.5 Å². The van der Waals surface area contributed by atoms with E-state index in [0.29, 0.717) is 12.0 Å². The van der Waals surface area contributed by atoms with Crippen molar-refractivity contribution in [2.24, 2.45) is 0 Å². The second kappa shape index (κ2) is 5.65. The molecule has 1 saturated heterocycles. The highest BCUT2D eigenvalue weighted by Gasteiger charge is 2.31. The van der Waals surface area contributed by atoms with Crippen LogP contribution in [0.4, 0.5) is 0 Å². The summed E-state index contributed by atoms with van der Waals surface area (Å²) in [6.07, 6.45) is 6.34. The zero-order valence-corrected chi connectivity index (χ0v) is 12.4. The first-order valence-electron chi connectivity index (χ1n) is 8.21. The highest BCUT2D eigenvalue weighted by Crippen LogP contribution is 2.40. The Morgan fingerprint density at radius 3 is 1.95 bits per heavy atom. The average Bonchev–Trinajstić information content (AvgIpc) is 2.72. The van der Waals surface area contributed by atoms with Crippen molar-refractivity contribution in [2.75, 3.05) is 6.61 Å². The van der Waals surface area contributed by atoms with Crippen molar-refractivity contribution in [2.45, 2.75) is 44.1 Å². The minimum absolute atomic E-state index is 0.346. The molecule has 0 N–H and O–H groups in total. The number of aryl methyl sites for hydroxylation is 2. The third kappa shape index (κ3) is 2.40. The van der Waals surface area contributed by atoms with Gasteiger partial charge in [0.15, 0.2) is 0 Å². The first-order chi connectivity index (χ1) is 10.4. The minimum atomic E-state index is 0.346. The topological polar surface area (TPSA) is 9.23 Å². The van der Waals surface area contributed by atoms with E-state index in [2.05, 4.69) is 48.5 Å². The quantitative estimate of drug-likeness (QED) is 0.747. The zero-order valence-electron chi connectivity index (χ0n) is 12.4. The molecule has 1 heterocycles. The Bertz CT molecular complexity index is 578. The molecule has 1 fully saturated rings.